The van der Waals surface area contributed by atoms with Gasteiger partial charge in [-0.1, -0.05) is 81.5 Å². The van der Waals surface area contributed by atoms with Crippen LogP contribution in [-0.4, -0.2) is 0 Å². The highest BCUT2D eigenvalue weighted by atomic mass is 14.2. The number of benzene rings is 2. The van der Waals surface area contributed by atoms with Gasteiger partial charge in [-0.3, -0.25) is 0 Å². The quantitative estimate of drug-likeness (QED) is 0.671. The molecule has 2 rings (SSSR count). The molecule has 0 aromatic heterocycles. The van der Waals surface area contributed by atoms with E-state index in [0.29, 0.717) is 0 Å². The zero-order valence-electron chi connectivity index (χ0n) is 13.7. The highest BCUT2D eigenvalue weighted by Crippen LogP contribution is 2.22. The molecular weight excluding hydrogens is 252 g/mol. The van der Waals surface area contributed by atoms with Crippen molar-refractivity contribution in [3.63, 3.8) is 0 Å². The van der Waals surface area contributed by atoms with Crippen LogP contribution in [0.2, 0.25) is 0 Å². The van der Waals surface area contributed by atoms with E-state index in [0.717, 1.165) is 12.8 Å². The first-order chi connectivity index (χ1) is 9.88. The van der Waals surface area contributed by atoms with Crippen molar-refractivity contribution in [2.75, 3.05) is 0 Å². The van der Waals surface area contributed by atoms with Crippen molar-refractivity contribution in [1.82, 2.24) is 0 Å². The molecule has 0 unspecified atom stereocenters. The summed E-state index contributed by atoms with van der Waals surface area (Å²) >= 11 is 0. The highest BCUT2D eigenvalue weighted by Gasteiger charge is 2.12. The van der Waals surface area contributed by atoms with E-state index in [9.17, 15) is 0 Å². The Kier molecular flexibility index (Phi) is 4.67. The van der Waals surface area contributed by atoms with Crippen LogP contribution < -0.4 is 0 Å². The summed E-state index contributed by atoms with van der Waals surface area (Å²) < 4.78 is 0. The topological polar surface area (TPSA) is 0 Å². The first-order valence-corrected chi connectivity index (χ1v) is 7.71. The molecule has 2 aromatic carbocycles. The summed E-state index contributed by atoms with van der Waals surface area (Å²) in [5, 5.41) is 0. The minimum Gasteiger partial charge on any atom is -0.0985 e. The van der Waals surface area contributed by atoms with Crippen LogP contribution in [0.15, 0.2) is 49.0 Å². The minimum atomic E-state index is 0.230. The van der Waals surface area contributed by atoms with Crippen LogP contribution in [0.3, 0.4) is 0 Å². The fraction of sp³-hybridized carbons (Fsp3) is 0.333. The maximum atomic E-state index is 3.86. The van der Waals surface area contributed by atoms with E-state index in [1.807, 2.05) is 6.08 Å². The molecule has 0 heteroatoms. The van der Waals surface area contributed by atoms with Crippen LogP contribution in [0.1, 0.15) is 48.6 Å². The zero-order valence-corrected chi connectivity index (χ0v) is 13.7. The molecular formula is C21H26. The van der Waals surface area contributed by atoms with Gasteiger partial charge in [0.2, 0.25) is 0 Å². The molecule has 0 aliphatic heterocycles. The fourth-order valence-corrected chi connectivity index (χ4v) is 2.62. The van der Waals surface area contributed by atoms with Gasteiger partial charge in [-0.15, -0.1) is 0 Å². The van der Waals surface area contributed by atoms with E-state index < -0.39 is 0 Å². The molecule has 0 saturated carbocycles. The molecule has 0 aliphatic carbocycles. The van der Waals surface area contributed by atoms with Gasteiger partial charge >= 0.3 is 0 Å². The van der Waals surface area contributed by atoms with E-state index in [-0.39, 0.29) is 5.41 Å². The Morgan fingerprint density at radius 3 is 2.10 bits per heavy atom. The van der Waals surface area contributed by atoms with Gasteiger partial charge in [0.1, 0.15) is 0 Å². The first kappa shape index (κ1) is 15.6. The average molecular weight is 278 g/mol. The van der Waals surface area contributed by atoms with Crippen LogP contribution in [0.25, 0.3) is 6.08 Å². The van der Waals surface area contributed by atoms with Crippen molar-refractivity contribution < 1.29 is 0 Å². The second kappa shape index (κ2) is 6.30. The summed E-state index contributed by atoms with van der Waals surface area (Å²) in [6.45, 7) is 12.8. The molecule has 0 heterocycles. The maximum Gasteiger partial charge on any atom is -0.0132 e. The molecule has 0 saturated heterocycles. The summed E-state index contributed by atoms with van der Waals surface area (Å²) in [6, 6.07) is 15.8. The Hall–Kier alpha value is -1.82. The largest absolute Gasteiger partial charge is 0.0985 e. The zero-order chi connectivity index (χ0) is 15.5. The Morgan fingerprint density at radius 2 is 1.52 bits per heavy atom. The van der Waals surface area contributed by atoms with E-state index in [4.69, 9.17) is 0 Å². The SMILES string of the molecule is C=Cc1cc(C)cc(CCc2ccc(C(C)(C)C)cc2)c1. The third kappa shape index (κ3) is 4.32. The van der Waals surface area contributed by atoms with Crippen molar-refractivity contribution in [2.45, 2.75) is 46.0 Å². The number of hydrogen-bond donors (Lipinski definition) is 0. The minimum absolute atomic E-state index is 0.230. The molecule has 110 valence electrons. The Labute approximate surface area is 129 Å². The van der Waals surface area contributed by atoms with Crippen molar-refractivity contribution in [3.8, 4) is 0 Å². The van der Waals surface area contributed by atoms with Crippen LogP contribution in [0.4, 0.5) is 0 Å². The van der Waals surface area contributed by atoms with Gasteiger partial charge in [-0.2, -0.15) is 0 Å². The number of aryl methyl sites for hydroxylation is 3. The molecule has 21 heavy (non-hydrogen) atoms. The normalized spacial score (nSPS) is 11.4. The Balaban J connectivity index is 2.06. The van der Waals surface area contributed by atoms with Crippen molar-refractivity contribution in [1.29, 1.82) is 0 Å². The molecule has 2 aromatic rings. The van der Waals surface area contributed by atoms with Crippen molar-refractivity contribution in [3.05, 3.63) is 76.9 Å². The molecule has 0 aliphatic rings. The monoisotopic (exact) mass is 278 g/mol. The lowest BCUT2D eigenvalue weighted by Gasteiger charge is -2.19. The van der Waals surface area contributed by atoms with E-state index in [1.165, 1.54) is 27.8 Å². The first-order valence-electron chi connectivity index (χ1n) is 7.71. The van der Waals surface area contributed by atoms with Crippen molar-refractivity contribution in [2.24, 2.45) is 0 Å². The summed E-state index contributed by atoms with van der Waals surface area (Å²) in [6.07, 6.45) is 4.09. The van der Waals surface area contributed by atoms with Crippen molar-refractivity contribution >= 4 is 6.08 Å². The van der Waals surface area contributed by atoms with Gasteiger partial charge in [0.15, 0.2) is 0 Å². The predicted molar refractivity (Wildman–Crippen MR) is 93.8 cm³/mol. The summed E-state index contributed by atoms with van der Waals surface area (Å²) in [4.78, 5) is 0. The lowest BCUT2D eigenvalue weighted by Crippen LogP contribution is -2.10. The van der Waals surface area contributed by atoms with Crippen LogP contribution in [0.5, 0.6) is 0 Å². The standard InChI is InChI=1S/C21H26/c1-6-17-13-16(2)14-19(15-17)8-7-18-9-11-20(12-10-18)21(3,4)5/h6,9-15H,1,7-8H2,2-5H3. The third-order valence-corrected chi connectivity index (χ3v) is 3.92. The Morgan fingerprint density at radius 1 is 0.905 bits per heavy atom. The van der Waals surface area contributed by atoms with Crippen LogP contribution in [-0.2, 0) is 18.3 Å². The summed E-state index contributed by atoms with van der Waals surface area (Å²) in [7, 11) is 0. The highest BCUT2D eigenvalue weighted by molar-refractivity contribution is 5.50. The van der Waals surface area contributed by atoms with Crippen LogP contribution in [0, 0.1) is 6.92 Å². The third-order valence-electron chi connectivity index (χ3n) is 3.92. The number of rotatable bonds is 4. The number of hydrogen-bond acceptors (Lipinski definition) is 0. The van der Waals surface area contributed by atoms with E-state index >= 15 is 0 Å². The molecule has 0 amide bonds. The lowest BCUT2D eigenvalue weighted by molar-refractivity contribution is 0.590. The second-order valence-corrected chi connectivity index (χ2v) is 6.90. The molecule has 0 bridgehead atoms. The van der Waals surface area contributed by atoms with Gasteiger partial charge in [0, 0.05) is 0 Å². The van der Waals surface area contributed by atoms with Gasteiger partial charge in [-0.25, -0.2) is 0 Å². The van der Waals surface area contributed by atoms with E-state index in [1.54, 1.807) is 0 Å². The lowest BCUT2D eigenvalue weighted by atomic mass is 9.86. The predicted octanol–water partition coefficient (Wildman–Crippen LogP) is 5.72. The fourth-order valence-electron chi connectivity index (χ4n) is 2.62. The summed E-state index contributed by atoms with van der Waals surface area (Å²) in [5.41, 5.74) is 6.96. The van der Waals surface area contributed by atoms with Crippen LogP contribution >= 0.6 is 0 Å². The Bertz CT molecular complexity index is 609. The van der Waals surface area contributed by atoms with Gasteiger partial charge in [0.25, 0.3) is 0 Å². The smallest absolute Gasteiger partial charge is 0.0132 e. The maximum absolute atomic E-state index is 3.86. The average Bonchev–Trinajstić information content (AvgIpc) is 2.44. The van der Waals surface area contributed by atoms with E-state index in [2.05, 4.69) is 76.7 Å². The molecule has 0 nitrogen and oxygen atoms in total. The molecule has 0 spiro atoms. The molecule has 0 N–H and O–H groups in total. The van der Waals surface area contributed by atoms with Gasteiger partial charge < -0.3 is 0 Å². The molecule has 0 fully saturated rings. The summed E-state index contributed by atoms with van der Waals surface area (Å²) in [5.74, 6) is 0. The molecule has 0 atom stereocenters. The molecule has 0 radical (unpaired) electrons. The second-order valence-electron chi connectivity index (χ2n) is 6.90. The van der Waals surface area contributed by atoms with Gasteiger partial charge in [0.05, 0.1) is 0 Å². The van der Waals surface area contributed by atoms with Gasteiger partial charge in [-0.05, 0) is 47.4 Å².